The van der Waals surface area contributed by atoms with Crippen LogP contribution in [-0.4, -0.2) is 21.3 Å². The molecule has 0 atom stereocenters. The number of sulfone groups is 1. The Morgan fingerprint density at radius 3 is 2.65 bits per heavy atom. The van der Waals surface area contributed by atoms with E-state index < -0.39 is 9.84 Å². The molecule has 0 bridgehead atoms. The largest absolute Gasteiger partial charge is 0.497 e. The summed E-state index contributed by atoms with van der Waals surface area (Å²) in [5.74, 6) is 0.430. The van der Waals surface area contributed by atoms with Crippen molar-refractivity contribution in [2.24, 2.45) is 0 Å². The lowest BCUT2D eigenvalue weighted by Gasteiger charge is -2.05. The SMILES string of the molecule is COc1ccc2c(c1)S(=O)(=O)C=C2CC(C)=O. The van der Waals surface area contributed by atoms with E-state index in [1.54, 1.807) is 12.1 Å². The van der Waals surface area contributed by atoms with Gasteiger partial charge >= 0.3 is 0 Å². The van der Waals surface area contributed by atoms with Gasteiger partial charge in [-0.2, -0.15) is 0 Å². The zero-order chi connectivity index (χ0) is 12.6. The molecule has 0 amide bonds. The number of ketones is 1. The molecule has 0 radical (unpaired) electrons. The highest BCUT2D eigenvalue weighted by Gasteiger charge is 2.27. The van der Waals surface area contributed by atoms with Crippen molar-refractivity contribution in [3.8, 4) is 5.75 Å². The van der Waals surface area contributed by atoms with E-state index in [0.717, 1.165) is 0 Å². The Labute approximate surface area is 99.8 Å². The van der Waals surface area contributed by atoms with Crippen molar-refractivity contribution in [2.45, 2.75) is 18.2 Å². The number of methoxy groups -OCH3 is 1. The second-order valence-corrected chi connectivity index (χ2v) is 5.69. The Bertz CT molecular complexity index is 611. The van der Waals surface area contributed by atoms with Gasteiger partial charge in [-0.3, -0.25) is 4.79 Å². The maximum Gasteiger partial charge on any atom is 0.200 e. The Hall–Kier alpha value is -1.62. The van der Waals surface area contributed by atoms with Gasteiger partial charge < -0.3 is 4.74 Å². The lowest BCUT2D eigenvalue weighted by molar-refractivity contribution is -0.116. The predicted octanol–water partition coefficient (Wildman–Crippen LogP) is 1.80. The second kappa shape index (κ2) is 4.00. The first-order chi connectivity index (χ1) is 7.94. The molecule has 90 valence electrons. The molecule has 0 saturated carbocycles. The monoisotopic (exact) mass is 252 g/mol. The summed E-state index contributed by atoms with van der Waals surface area (Å²) >= 11 is 0. The molecule has 1 aromatic rings. The van der Waals surface area contributed by atoms with E-state index in [2.05, 4.69) is 0 Å². The quantitative estimate of drug-likeness (QED) is 0.823. The highest BCUT2D eigenvalue weighted by atomic mass is 32.2. The molecule has 1 aliphatic heterocycles. The highest BCUT2D eigenvalue weighted by Crippen LogP contribution is 2.37. The lowest BCUT2D eigenvalue weighted by atomic mass is 10.0. The summed E-state index contributed by atoms with van der Waals surface area (Å²) < 4.78 is 28.7. The maximum atomic E-state index is 11.9. The van der Waals surface area contributed by atoms with Crippen molar-refractivity contribution in [3.63, 3.8) is 0 Å². The molecular formula is C12H12O4S. The highest BCUT2D eigenvalue weighted by molar-refractivity contribution is 7.95. The Kier molecular flexibility index (Phi) is 2.79. The smallest absolute Gasteiger partial charge is 0.200 e. The topological polar surface area (TPSA) is 60.4 Å². The maximum absolute atomic E-state index is 11.9. The lowest BCUT2D eigenvalue weighted by Crippen LogP contribution is -1.95. The Balaban J connectivity index is 2.56. The fourth-order valence-electron chi connectivity index (χ4n) is 1.85. The van der Waals surface area contributed by atoms with E-state index in [-0.39, 0.29) is 17.1 Å². The van der Waals surface area contributed by atoms with E-state index in [9.17, 15) is 13.2 Å². The molecule has 1 aromatic carbocycles. The molecule has 0 spiro atoms. The minimum Gasteiger partial charge on any atom is -0.497 e. The van der Waals surface area contributed by atoms with Crippen LogP contribution in [0.15, 0.2) is 28.5 Å². The molecule has 0 unspecified atom stereocenters. The average molecular weight is 252 g/mol. The van der Waals surface area contributed by atoms with Crippen molar-refractivity contribution >= 4 is 21.2 Å². The number of hydrogen-bond acceptors (Lipinski definition) is 4. The number of Topliss-reactive ketones (excluding diaryl/α,β-unsaturated/α-hetero) is 1. The van der Waals surface area contributed by atoms with Crippen LogP contribution in [0.1, 0.15) is 18.9 Å². The van der Waals surface area contributed by atoms with Crippen molar-refractivity contribution in [3.05, 3.63) is 29.2 Å². The van der Waals surface area contributed by atoms with Crippen molar-refractivity contribution < 1.29 is 17.9 Å². The molecule has 2 rings (SSSR count). The van der Waals surface area contributed by atoms with Crippen LogP contribution in [-0.2, 0) is 14.6 Å². The third kappa shape index (κ3) is 2.10. The normalized spacial score (nSPS) is 16.2. The van der Waals surface area contributed by atoms with Crippen LogP contribution in [0.5, 0.6) is 5.75 Å². The summed E-state index contributed by atoms with van der Waals surface area (Å²) in [5, 5.41) is 1.17. The number of fused-ring (bicyclic) bond motifs is 1. The van der Waals surface area contributed by atoms with Gasteiger partial charge in [0.15, 0.2) is 0 Å². The first-order valence-electron chi connectivity index (χ1n) is 5.07. The van der Waals surface area contributed by atoms with Gasteiger partial charge in [-0.05, 0) is 36.3 Å². The summed E-state index contributed by atoms with van der Waals surface area (Å²) in [6.45, 7) is 1.44. The molecule has 5 heteroatoms. The summed E-state index contributed by atoms with van der Waals surface area (Å²) in [7, 11) is -1.95. The van der Waals surface area contributed by atoms with Gasteiger partial charge in [0.25, 0.3) is 0 Å². The van der Waals surface area contributed by atoms with E-state index in [1.807, 2.05) is 0 Å². The van der Waals surface area contributed by atoms with Gasteiger partial charge in [-0.1, -0.05) is 0 Å². The predicted molar refractivity (Wildman–Crippen MR) is 63.5 cm³/mol. The minimum absolute atomic E-state index is 0.0601. The Morgan fingerprint density at radius 1 is 1.35 bits per heavy atom. The number of allylic oxidation sites excluding steroid dienone is 1. The Morgan fingerprint density at radius 2 is 2.06 bits per heavy atom. The first-order valence-corrected chi connectivity index (χ1v) is 6.62. The van der Waals surface area contributed by atoms with Crippen LogP contribution in [0, 0.1) is 0 Å². The zero-order valence-electron chi connectivity index (χ0n) is 9.56. The molecule has 0 fully saturated rings. The number of carbonyl (C=O) groups is 1. The number of carbonyl (C=O) groups excluding carboxylic acids is 1. The third-order valence-electron chi connectivity index (χ3n) is 2.58. The van der Waals surface area contributed by atoms with Gasteiger partial charge in [0.05, 0.1) is 12.0 Å². The molecule has 17 heavy (non-hydrogen) atoms. The minimum atomic E-state index is -3.43. The van der Waals surface area contributed by atoms with Crippen LogP contribution in [0.25, 0.3) is 5.57 Å². The number of benzene rings is 1. The van der Waals surface area contributed by atoms with Gasteiger partial charge in [0, 0.05) is 11.8 Å². The van der Waals surface area contributed by atoms with Crippen molar-refractivity contribution in [2.75, 3.05) is 7.11 Å². The van der Waals surface area contributed by atoms with Crippen molar-refractivity contribution in [1.29, 1.82) is 0 Å². The number of hydrogen-bond donors (Lipinski definition) is 0. The van der Waals surface area contributed by atoms with Gasteiger partial charge in [0.1, 0.15) is 11.5 Å². The van der Waals surface area contributed by atoms with Gasteiger partial charge in [0.2, 0.25) is 9.84 Å². The van der Waals surface area contributed by atoms with E-state index in [1.165, 1.54) is 25.5 Å². The molecule has 0 aliphatic carbocycles. The summed E-state index contributed by atoms with van der Waals surface area (Å²) in [6.07, 6.45) is 0.137. The molecule has 0 N–H and O–H groups in total. The first kappa shape index (κ1) is 11.9. The standard InChI is InChI=1S/C12H12O4S/c1-8(13)5-9-7-17(14,15)12-6-10(16-2)3-4-11(9)12/h3-4,6-7H,5H2,1-2H3. The van der Waals surface area contributed by atoms with Gasteiger partial charge in [-0.25, -0.2) is 8.42 Å². The van der Waals surface area contributed by atoms with Crippen LogP contribution in [0.3, 0.4) is 0 Å². The van der Waals surface area contributed by atoms with Gasteiger partial charge in [-0.15, -0.1) is 0 Å². The van der Waals surface area contributed by atoms with Crippen LogP contribution < -0.4 is 4.74 Å². The number of rotatable bonds is 3. The molecule has 4 nitrogen and oxygen atoms in total. The van der Waals surface area contributed by atoms with E-state index in [0.29, 0.717) is 16.9 Å². The zero-order valence-corrected chi connectivity index (χ0v) is 10.4. The van der Waals surface area contributed by atoms with Crippen LogP contribution >= 0.6 is 0 Å². The second-order valence-electron chi connectivity index (χ2n) is 3.93. The third-order valence-corrected chi connectivity index (χ3v) is 4.12. The summed E-state index contributed by atoms with van der Waals surface area (Å²) in [6, 6.07) is 4.84. The fraction of sp³-hybridized carbons (Fsp3) is 0.250. The molecule has 0 saturated heterocycles. The van der Waals surface area contributed by atoms with Crippen molar-refractivity contribution in [1.82, 2.24) is 0 Å². The van der Waals surface area contributed by atoms with Crippen LogP contribution in [0.2, 0.25) is 0 Å². The average Bonchev–Trinajstić information content (AvgIpc) is 2.49. The summed E-state index contributed by atoms with van der Waals surface area (Å²) in [5.41, 5.74) is 1.15. The number of ether oxygens (including phenoxy) is 1. The molecular weight excluding hydrogens is 240 g/mol. The van der Waals surface area contributed by atoms with Crippen LogP contribution in [0.4, 0.5) is 0 Å². The molecule has 1 heterocycles. The van der Waals surface area contributed by atoms with E-state index >= 15 is 0 Å². The fourth-order valence-corrected chi connectivity index (χ4v) is 3.35. The molecule has 0 aromatic heterocycles. The molecule has 1 aliphatic rings. The van der Waals surface area contributed by atoms with E-state index in [4.69, 9.17) is 4.74 Å². The summed E-state index contributed by atoms with van der Waals surface area (Å²) in [4.78, 5) is 11.3.